The average Bonchev–Trinajstić information content (AvgIpc) is 3.23. The van der Waals surface area contributed by atoms with Crippen LogP contribution in [0.2, 0.25) is 0 Å². The van der Waals surface area contributed by atoms with E-state index in [1.165, 1.54) is 17.7 Å². The number of carbonyl (C=O) groups is 1. The summed E-state index contributed by atoms with van der Waals surface area (Å²) >= 11 is 0. The Kier molecular flexibility index (Phi) is 3.08. The molecule has 0 saturated carbocycles. The Bertz CT molecular complexity index is 901. The Morgan fingerprint density at radius 3 is 2.61 bits per heavy atom. The Morgan fingerprint density at radius 1 is 1.04 bits per heavy atom. The van der Waals surface area contributed by atoms with Crippen LogP contribution in [0, 0.1) is 0 Å². The molecule has 1 N–H and O–H groups in total. The summed E-state index contributed by atoms with van der Waals surface area (Å²) < 4.78 is 11.2. The topological polar surface area (TPSA) is 85.5 Å². The number of carboxylic acids is 1. The Morgan fingerprint density at radius 2 is 1.83 bits per heavy atom. The van der Waals surface area contributed by atoms with Crippen molar-refractivity contribution >= 4 is 5.97 Å². The summed E-state index contributed by atoms with van der Waals surface area (Å²) in [6, 6.07) is 12.2. The molecule has 0 spiro atoms. The minimum Gasteiger partial charge on any atom is -0.493 e. The van der Waals surface area contributed by atoms with Crippen LogP contribution in [0.3, 0.4) is 0 Å². The first-order valence-electron chi connectivity index (χ1n) is 7.14. The van der Waals surface area contributed by atoms with Crippen molar-refractivity contribution in [1.29, 1.82) is 0 Å². The van der Waals surface area contributed by atoms with Crippen LogP contribution in [0.5, 0.6) is 5.75 Å². The van der Waals surface area contributed by atoms with Crippen molar-refractivity contribution in [1.82, 2.24) is 10.2 Å². The van der Waals surface area contributed by atoms with Crippen LogP contribution in [-0.2, 0) is 6.42 Å². The molecule has 0 bridgehead atoms. The molecule has 1 aliphatic heterocycles. The SMILES string of the molecule is O=C(O)c1cccc(-c2nnc(-c3ccc4c(c3)OCC4)o2)c1. The van der Waals surface area contributed by atoms with Crippen LogP contribution >= 0.6 is 0 Å². The van der Waals surface area contributed by atoms with Gasteiger partial charge in [0.15, 0.2) is 0 Å². The van der Waals surface area contributed by atoms with Gasteiger partial charge in [-0.3, -0.25) is 0 Å². The van der Waals surface area contributed by atoms with Crippen LogP contribution in [0.1, 0.15) is 15.9 Å². The molecule has 0 unspecified atom stereocenters. The molecule has 3 aromatic rings. The first kappa shape index (κ1) is 13.5. The third-order valence-corrected chi connectivity index (χ3v) is 3.72. The molecule has 0 amide bonds. The Hall–Kier alpha value is -3.15. The summed E-state index contributed by atoms with van der Waals surface area (Å²) in [7, 11) is 0. The standard InChI is InChI=1S/C17H12N2O4/c20-17(21)13-3-1-2-11(8-13)15-18-19-16(23-15)12-5-4-10-6-7-22-14(10)9-12/h1-5,8-9H,6-7H2,(H,20,21). The van der Waals surface area contributed by atoms with Gasteiger partial charge in [-0.05, 0) is 35.9 Å². The van der Waals surface area contributed by atoms with Gasteiger partial charge in [-0.1, -0.05) is 12.1 Å². The lowest BCUT2D eigenvalue weighted by Crippen LogP contribution is -1.95. The van der Waals surface area contributed by atoms with Gasteiger partial charge in [-0.15, -0.1) is 10.2 Å². The summed E-state index contributed by atoms with van der Waals surface area (Å²) in [6.07, 6.45) is 0.909. The maximum atomic E-state index is 11.0. The van der Waals surface area contributed by atoms with Gasteiger partial charge in [0, 0.05) is 17.5 Å². The predicted octanol–water partition coefficient (Wildman–Crippen LogP) is 3.04. The highest BCUT2D eigenvalue weighted by atomic mass is 16.5. The monoisotopic (exact) mass is 308 g/mol. The van der Waals surface area contributed by atoms with Gasteiger partial charge in [-0.2, -0.15) is 0 Å². The summed E-state index contributed by atoms with van der Waals surface area (Å²) in [5.74, 6) is 0.501. The number of rotatable bonds is 3. The quantitative estimate of drug-likeness (QED) is 0.800. The molecule has 6 nitrogen and oxygen atoms in total. The van der Waals surface area contributed by atoms with E-state index in [0.717, 1.165) is 17.7 Å². The maximum Gasteiger partial charge on any atom is 0.335 e. The van der Waals surface area contributed by atoms with Gasteiger partial charge in [0.25, 0.3) is 0 Å². The number of hydrogen-bond donors (Lipinski definition) is 1. The first-order chi connectivity index (χ1) is 11.2. The number of hydrogen-bond acceptors (Lipinski definition) is 5. The Labute approximate surface area is 131 Å². The number of ether oxygens (including phenoxy) is 1. The molecule has 23 heavy (non-hydrogen) atoms. The summed E-state index contributed by atoms with van der Waals surface area (Å²) in [5.41, 5.74) is 2.69. The van der Waals surface area contributed by atoms with Crippen molar-refractivity contribution < 1.29 is 19.1 Å². The van der Waals surface area contributed by atoms with E-state index in [0.29, 0.717) is 18.1 Å². The van der Waals surface area contributed by atoms with Crippen molar-refractivity contribution in [3.05, 3.63) is 53.6 Å². The lowest BCUT2D eigenvalue weighted by molar-refractivity contribution is 0.0697. The van der Waals surface area contributed by atoms with Crippen molar-refractivity contribution in [2.75, 3.05) is 6.61 Å². The molecule has 0 saturated heterocycles. The number of aromatic nitrogens is 2. The molecule has 1 aromatic heterocycles. The fourth-order valence-corrected chi connectivity index (χ4v) is 2.54. The van der Waals surface area contributed by atoms with Gasteiger partial charge >= 0.3 is 5.97 Å². The van der Waals surface area contributed by atoms with E-state index in [2.05, 4.69) is 10.2 Å². The van der Waals surface area contributed by atoms with Gasteiger partial charge in [0.1, 0.15) is 5.75 Å². The van der Waals surface area contributed by atoms with E-state index in [1.54, 1.807) is 12.1 Å². The molecule has 1 aliphatic rings. The van der Waals surface area contributed by atoms with Crippen LogP contribution in [0.4, 0.5) is 0 Å². The first-order valence-corrected chi connectivity index (χ1v) is 7.14. The fourth-order valence-electron chi connectivity index (χ4n) is 2.54. The highest BCUT2D eigenvalue weighted by Crippen LogP contribution is 2.31. The largest absolute Gasteiger partial charge is 0.493 e. The summed E-state index contributed by atoms with van der Waals surface area (Å²) in [4.78, 5) is 11.0. The highest BCUT2D eigenvalue weighted by Gasteiger charge is 2.16. The maximum absolute atomic E-state index is 11.0. The van der Waals surface area contributed by atoms with Crippen molar-refractivity contribution in [2.24, 2.45) is 0 Å². The van der Waals surface area contributed by atoms with E-state index in [-0.39, 0.29) is 11.5 Å². The van der Waals surface area contributed by atoms with Gasteiger partial charge in [-0.25, -0.2) is 4.79 Å². The summed E-state index contributed by atoms with van der Waals surface area (Å²) in [6.45, 7) is 0.690. The molecule has 0 aliphatic carbocycles. The van der Waals surface area contributed by atoms with E-state index in [4.69, 9.17) is 14.3 Å². The molecule has 114 valence electrons. The van der Waals surface area contributed by atoms with Crippen molar-refractivity contribution in [3.63, 3.8) is 0 Å². The van der Waals surface area contributed by atoms with Crippen molar-refractivity contribution in [3.8, 4) is 28.7 Å². The van der Waals surface area contributed by atoms with Gasteiger partial charge < -0.3 is 14.3 Å². The molecule has 0 fully saturated rings. The second kappa shape index (κ2) is 5.24. The van der Waals surface area contributed by atoms with Crippen molar-refractivity contribution in [2.45, 2.75) is 6.42 Å². The second-order valence-corrected chi connectivity index (χ2v) is 5.22. The molecular formula is C17H12N2O4. The summed E-state index contributed by atoms with van der Waals surface area (Å²) in [5, 5.41) is 17.1. The molecule has 6 heteroatoms. The third-order valence-electron chi connectivity index (χ3n) is 3.72. The number of aromatic carboxylic acids is 1. The Balaban J connectivity index is 1.69. The highest BCUT2D eigenvalue weighted by molar-refractivity contribution is 5.89. The zero-order valence-corrected chi connectivity index (χ0v) is 12.0. The van der Waals surface area contributed by atoms with E-state index in [1.807, 2.05) is 18.2 Å². The fraction of sp³-hybridized carbons (Fsp3) is 0.118. The van der Waals surface area contributed by atoms with E-state index >= 15 is 0 Å². The lowest BCUT2D eigenvalue weighted by atomic mass is 10.1. The van der Waals surface area contributed by atoms with Gasteiger partial charge in [0.05, 0.1) is 12.2 Å². The van der Waals surface area contributed by atoms with Crippen LogP contribution < -0.4 is 4.74 Å². The van der Waals surface area contributed by atoms with Gasteiger partial charge in [0.2, 0.25) is 11.8 Å². The van der Waals surface area contributed by atoms with Crippen LogP contribution in [0.25, 0.3) is 22.9 Å². The zero-order chi connectivity index (χ0) is 15.8. The van der Waals surface area contributed by atoms with Crippen LogP contribution in [0.15, 0.2) is 46.9 Å². The molecule has 2 aromatic carbocycles. The number of benzene rings is 2. The van der Waals surface area contributed by atoms with Crippen LogP contribution in [-0.4, -0.2) is 27.9 Å². The molecular weight excluding hydrogens is 296 g/mol. The number of fused-ring (bicyclic) bond motifs is 1. The molecule has 4 rings (SSSR count). The number of carboxylic acid groups (broad SMARTS) is 1. The molecule has 0 radical (unpaired) electrons. The minimum atomic E-state index is -0.998. The van der Waals surface area contributed by atoms with E-state index in [9.17, 15) is 4.79 Å². The minimum absolute atomic E-state index is 0.174. The zero-order valence-electron chi connectivity index (χ0n) is 12.0. The van der Waals surface area contributed by atoms with E-state index < -0.39 is 5.97 Å². The molecule has 2 heterocycles. The number of nitrogens with zero attached hydrogens (tertiary/aromatic N) is 2. The normalized spacial score (nSPS) is 12.7. The predicted molar refractivity (Wildman–Crippen MR) is 81.3 cm³/mol. The molecule has 0 atom stereocenters. The average molecular weight is 308 g/mol. The third kappa shape index (κ3) is 2.44. The smallest absolute Gasteiger partial charge is 0.335 e. The second-order valence-electron chi connectivity index (χ2n) is 5.22. The lowest BCUT2D eigenvalue weighted by Gasteiger charge is -2.00.